The number of carboxylic acids is 1. The van der Waals surface area contributed by atoms with Gasteiger partial charge in [-0.2, -0.15) is 0 Å². The van der Waals surface area contributed by atoms with Gasteiger partial charge in [0.1, 0.15) is 5.82 Å². The minimum atomic E-state index is -1.05. The zero-order chi connectivity index (χ0) is 11.5. The monoisotopic (exact) mass is 215 g/mol. The number of nitrogens with two attached hydrogens (primary N) is 1. The van der Waals surface area contributed by atoms with Crippen LogP contribution in [0.25, 0.3) is 11.3 Å². The number of nitrogens with zero attached hydrogens (tertiary/aromatic N) is 2. The van der Waals surface area contributed by atoms with Crippen molar-refractivity contribution in [2.24, 2.45) is 0 Å². The molecule has 0 aromatic carbocycles. The maximum absolute atomic E-state index is 11.0. The fourth-order valence-corrected chi connectivity index (χ4v) is 1.37. The first-order chi connectivity index (χ1) is 7.68. The third kappa shape index (κ3) is 1.83. The van der Waals surface area contributed by atoms with Crippen LogP contribution in [0.15, 0.2) is 36.7 Å². The summed E-state index contributed by atoms with van der Waals surface area (Å²) in [6.45, 7) is 0. The maximum Gasteiger partial charge on any atom is 0.336 e. The van der Waals surface area contributed by atoms with E-state index in [0.29, 0.717) is 11.3 Å². The summed E-state index contributed by atoms with van der Waals surface area (Å²) < 4.78 is 0. The van der Waals surface area contributed by atoms with Crippen LogP contribution in [0.3, 0.4) is 0 Å². The first kappa shape index (κ1) is 10.1. The van der Waals surface area contributed by atoms with Crippen molar-refractivity contribution in [2.45, 2.75) is 0 Å². The number of nitrogen functional groups attached to an aromatic ring is 1. The molecule has 16 heavy (non-hydrogen) atoms. The Morgan fingerprint density at radius 3 is 2.75 bits per heavy atom. The summed E-state index contributed by atoms with van der Waals surface area (Å²) in [4.78, 5) is 19.0. The van der Waals surface area contributed by atoms with Crippen LogP contribution in [-0.4, -0.2) is 21.0 Å². The molecule has 2 aromatic heterocycles. The minimum absolute atomic E-state index is 0.103. The SMILES string of the molecule is Nc1cc(C(=O)O)c(-c2ccccn2)cn1. The summed E-state index contributed by atoms with van der Waals surface area (Å²) in [6, 6.07) is 6.59. The number of aromatic carboxylic acids is 1. The first-order valence-electron chi connectivity index (χ1n) is 4.58. The molecule has 0 aliphatic heterocycles. The number of hydrogen-bond acceptors (Lipinski definition) is 4. The van der Waals surface area contributed by atoms with Crippen molar-refractivity contribution >= 4 is 11.8 Å². The molecular weight excluding hydrogens is 206 g/mol. The zero-order valence-electron chi connectivity index (χ0n) is 8.29. The highest BCUT2D eigenvalue weighted by atomic mass is 16.4. The van der Waals surface area contributed by atoms with Crippen LogP contribution in [0.5, 0.6) is 0 Å². The van der Waals surface area contributed by atoms with E-state index in [0.717, 1.165) is 0 Å². The number of hydrogen-bond donors (Lipinski definition) is 2. The highest BCUT2D eigenvalue weighted by Gasteiger charge is 2.13. The Kier molecular flexibility index (Phi) is 2.51. The van der Waals surface area contributed by atoms with Crippen LogP contribution in [0.1, 0.15) is 10.4 Å². The van der Waals surface area contributed by atoms with E-state index in [1.807, 2.05) is 0 Å². The number of anilines is 1. The average molecular weight is 215 g/mol. The van der Waals surface area contributed by atoms with Crippen molar-refractivity contribution < 1.29 is 9.90 Å². The number of rotatable bonds is 2. The zero-order valence-corrected chi connectivity index (χ0v) is 8.29. The number of pyridine rings is 2. The van der Waals surface area contributed by atoms with Crippen LogP contribution in [0.4, 0.5) is 5.82 Å². The Morgan fingerprint density at radius 1 is 1.31 bits per heavy atom. The lowest BCUT2D eigenvalue weighted by Crippen LogP contribution is -2.03. The Hall–Kier alpha value is -2.43. The van der Waals surface area contributed by atoms with Gasteiger partial charge in [-0.3, -0.25) is 4.98 Å². The molecule has 0 fully saturated rings. The largest absolute Gasteiger partial charge is 0.478 e. The molecule has 0 amide bonds. The van der Waals surface area contributed by atoms with Gasteiger partial charge in [-0.25, -0.2) is 9.78 Å². The molecule has 5 heteroatoms. The third-order valence-corrected chi connectivity index (χ3v) is 2.10. The Bertz CT molecular complexity index is 526. The molecule has 0 spiro atoms. The Morgan fingerprint density at radius 2 is 2.12 bits per heavy atom. The van der Waals surface area contributed by atoms with Gasteiger partial charge in [-0.05, 0) is 18.2 Å². The van der Waals surface area contributed by atoms with Gasteiger partial charge in [0.25, 0.3) is 0 Å². The summed E-state index contributed by atoms with van der Waals surface area (Å²) in [6.07, 6.45) is 3.01. The molecule has 0 radical (unpaired) electrons. The molecule has 0 saturated heterocycles. The number of carbonyl (C=O) groups is 1. The number of aromatic nitrogens is 2. The maximum atomic E-state index is 11.0. The molecule has 0 bridgehead atoms. The van der Waals surface area contributed by atoms with Crippen molar-refractivity contribution in [3.8, 4) is 11.3 Å². The predicted octanol–water partition coefficient (Wildman–Crippen LogP) is 1.42. The summed E-state index contributed by atoms with van der Waals surface area (Å²) >= 11 is 0. The van der Waals surface area contributed by atoms with E-state index in [-0.39, 0.29) is 11.4 Å². The molecular formula is C11H9N3O2. The Balaban J connectivity index is 2.61. The topological polar surface area (TPSA) is 89.1 Å². The molecule has 80 valence electrons. The second-order valence-corrected chi connectivity index (χ2v) is 3.17. The molecule has 0 unspecified atom stereocenters. The van der Waals surface area contributed by atoms with E-state index in [9.17, 15) is 4.79 Å². The second-order valence-electron chi connectivity index (χ2n) is 3.17. The quantitative estimate of drug-likeness (QED) is 0.790. The van der Waals surface area contributed by atoms with Gasteiger partial charge in [0.2, 0.25) is 0 Å². The smallest absolute Gasteiger partial charge is 0.336 e. The van der Waals surface area contributed by atoms with E-state index in [1.54, 1.807) is 24.4 Å². The molecule has 5 nitrogen and oxygen atoms in total. The van der Waals surface area contributed by atoms with E-state index in [4.69, 9.17) is 10.8 Å². The molecule has 3 N–H and O–H groups in total. The fraction of sp³-hybridized carbons (Fsp3) is 0. The minimum Gasteiger partial charge on any atom is -0.478 e. The van der Waals surface area contributed by atoms with Gasteiger partial charge >= 0.3 is 5.97 Å². The van der Waals surface area contributed by atoms with Crippen molar-refractivity contribution in [3.05, 3.63) is 42.2 Å². The fourth-order valence-electron chi connectivity index (χ4n) is 1.37. The lowest BCUT2D eigenvalue weighted by molar-refractivity contribution is 0.0697. The average Bonchev–Trinajstić information content (AvgIpc) is 2.30. The van der Waals surface area contributed by atoms with Crippen molar-refractivity contribution in [2.75, 3.05) is 5.73 Å². The van der Waals surface area contributed by atoms with Crippen molar-refractivity contribution in [3.63, 3.8) is 0 Å². The highest BCUT2D eigenvalue weighted by Crippen LogP contribution is 2.21. The normalized spacial score (nSPS) is 10.0. The molecule has 0 aliphatic rings. The van der Waals surface area contributed by atoms with Crippen LogP contribution in [-0.2, 0) is 0 Å². The number of carboxylic acid groups (broad SMARTS) is 1. The summed E-state index contributed by atoms with van der Waals surface area (Å²) in [5, 5.41) is 9.04. The van der Waals surface area contributed by atoms with Gasteiger partial charge in [-0.1, -0.05) is 6.07 Å². The van der Waals surface area contributed by atoms with Gasteiger partial charge < -0.3 is 10.8 Å². The molecule has 0 atom stereocenters. The van der Waals surface area contributed by atoms with E-state index >= 15 is 0 Å². The standard InChI is InChI=1S/C11H9N3O2/c12-10-5-7(11(15)16)8(6-14-10)9-3-1-2-4-13-9/h1-6H,(H2,12,14)(H,15,16). The van der Waals surface area contributed by atoms with Gasteiger partial charge in [0.05, 0.1) is 11.3 Å². The summed E-state index contributed by atoms with van der Waals surface area (Å²) in [7, 11) is 0. The summed E-state index contributed by atoms with van der Waals surface area (Å²) in [5.74, 6) is -0.869. The third-order valence-electron chi connectivity index (χ3n) is 2.10. The van der Waals surface area contributed by atoms with Crippen LogP contribution < -0.4 is 5.73 Å². The van der Waals surface area contributed by atoms with E-state index in [2.05, 4.69) is 9.97 Å². The lowest BCUT2D eigenvalue weighted by atomic mass is 10.1. The van der Waals surface area contributed by atoms with Gasteiger partial charge in [0.15, 0.2) is 0 Å². The van der Waals surface area contributed by atoms with Crippen LogP contribution >= 0.6 is 0 Å². The van der Waals surface area contributed by atoms with Crippen LogP contribution in [0, 0.1) is 0 Å². The predicted molar refractivity (Wildman–Crippen MR) is 58.8 cm³/mol. The van der Waals surface area contributed by atoms with Gasteiger partial charge in [0, 0.05) is 18.0 Å². The van der Waals surface area contributed by atoms with Gasteiger partial charge in [-0.15, -0.1) is 0 Å². The second kappa shape index (κ2) is 3.98. The molecule has 2 rings (SSSR count). The lowest BCUT2D eigenvalue weighted by Gasteiger charge is -2.05. The summed E-state index contributed by atoms with van der Waals surface area (Å²) in [5.41, 5.74) is 6.57. The molecule has 0 aliphatic carbocycles. The molecule has 0 saturated carbocycles. The van der Waals surface area contributed by atoms with E-state index < -0.39 is 5.97 Å². The van der Waals surface area contributed by atoms with Crippen molar-refractivity contribution in [1.29, 1.82) is 0 Å². The molecule has 2 aromatic rings. The highest BCUT2D eigenvalue weighted by molar-refractivity contribution is 5.95. The van der Waals surface area contributed by atoms with E-state index in [1.165, 1.54) is 12.3 Å². The molecule has 2 heterocycles. The van der Waals surface area contributed by atoms with Crippen molar-refractivity contribution in [1.82, 2.24) is 9.97 Å². The first-order valence-corrected chi connectivity index (χ1v) is 4.58. The van der Waals surface area contributed by atoms with Crippen LogP contribution in [0.2, 0.25) is 0 Å². The Labute approximate surface area is 91.6 Å².